The lowest BCUT2D eigenvalue weighted by Crippen LogP contribution is -2.30. The van der Waals surface area contributed by atoms with Crippen LogP contribution in [0.15, 0.2) is 64.9 Å². The summed E-state index contributed by atoms with van der Waals surface area (Å²) in [6, 6.07) is 17.3. The van der Waals surface area contributed by atoms with Gasteiger partial charge >= 0.3 is 0 Å². The van der Waals surface area contributed by atoms with Gasteiger partial charge in [-0.05, 0) is 53.4 Å². The van der Waals surface area contributed by atoms with Gasteiger partial charge in [0.25, 0.3) is 0 Å². The van der Waals surface area contributed by atoms with Gasteiger partial charge in [0.1, 0.15) is 6.61 Å². The molecule has 30 heavy (non-hydrogen) atoms. The van der Waals surface area contributed by atoms with Crippen molar-refractivity contribution in [2.75, 3.05) is 13.7 Å². The van der Waals surface area contributed by atoms with Gasteiger partial charge in [-0.1, -0.05) is 19.1 Å². The number of nitriles is 1. The minimum atomic E-state index is -3.69. The molecule has 0 unspecified atom stereocenters. The number of nitrogens with zero attached hydrogens (tertiary/aromatic N) is 2. The maximum Gasteiger partial charge on any atom is 0.243 e. The van der Waals surface area contributed by atoms with Crippen LogP contribution in [0, 0.1) is 11.3 Å². The Morgan fingerprint density at radius 2 is 1.87 bits per heavy atom. The molecule has 3 aromatic rings. The molecule has 0 amide bonds. The molecule has 1 aromatic heterocycles. The number of methoxy groups -OCH3 is 1. The van der Waals surface area contributed by atoms with Crippen LogP contribution in [0.3, 0.4) is 0 Å². The zero-order valence-electron chi connectivity index (χ0n) is 16.7. The molecule has 156 valence electrons. The first-order valence-electron chi connectivity index (χ1n) is 9.30. The third kappa shape index (κ3) is 5.00. The normalized spacial score (nSPS) is 11.3. The summed E-state index contributed by atoms with van der Waals surface area (Å²) >= 11 is 1.62. The first-order chi connectivity index (χ1) is 14.5. The molecule has 0 spiro atoms. The van der Waals surface area contributed by atoms with Crippen LogP contribution in [0.5, 0.6) is 11.5 Å². The van der Waals surface area contributed by atoms with Crippen molar-refractivity contribution < 1.29 is 17.9 Å². The molecule has 0 aliphatic rings. The van der Waals surface area contributed by atoms with Crippen molar-refractivity contribution in [1.29, 1.82) is 5.26 Å². The van der Waals surface area contributed by atoms with Gasteiger partial charge in [0.15, 0.2) is 11.5 Å². The van der Waals surface area contributed by atoms with E-state index in [-0.39, 0.29) is 11.4 Å². The van der Waals surface area contributed by atoms with E-state index in [0.29, 0.717) is 30.2 Å². The zero-order valence-corrected chi connectivity index (χ0v) is 18.4. The van der Waals surface area contributed by atoms with Crippen LogP contribution in [0.4, 0.5) is 0 Å². The summed E-state index contributed by atoms with van der Waals surface area (Å²) in [5, 5.41) is 10.9. The summed E-state index contributed by atoms with van der Waals surface area (Å²) in [6.07, 6.45) is 0. The Morgan fingerprint density at radius 1 is 1.10 bits per heavy atom. The molecule has 0 radical (unpaired) electrons. The lowest BCUT2D eigenvalue weighted by atomic mass is 10.2. The molecular weight excluding hydrogens is 420 g/mol. The zero-order chi connectivity index (χ0) is 21.6. The summed E-state index contributed by atoms with van der Waals surface area (Å²) in [5.74, 6) is 1.16. The van der Waals surface area contributed by atoms with Crippen molar-refractivity contribution in [3.63, 3.8) is 0 Å². The Kier molecular flexibility index (Phi) is 7.11. The highest BCUT2D eigenvalue weighted by Crippen LogP contribution is 2.30. The molecule has 0 fully saturated rings. The molecule has 0 N–H and O–H groups in total. The monoisotopic (exact) mass is 442 g/mol. The van der Waals surface area contributed by atoms with Crippen LogP contribution in [-0.2, 0) is 23.2 Å². The topological polar surface area (TPSA) is 79.6 Å². The van der Waals surface area contributed by atoms with E-state index in [0.717, 1.165) is 10.4 Å². The van der Waals surface area contributed by atoms with Crippen LogP contribution in [0.2, 0.25) is 0 Å². The summed E-state index contributed by atoms with van der Waals surface area (Å²) in [5.41, 5.74) is 1.20. The Labute approximate surface area is 181 Å². The van der Waals surface area contributed by atoms with Gasteiger partial charge in [-0.3, -0.25) is 0 Å². The van der Waals surface area contributed by atoms with Gasteiger partial charge in [0.2, 0.25) is 10.0 Å². The van der Waals surface area contributed by atoms with Crippen molar-refractivity contribution in [2.45, 2.75) is 25.0 Å². The standard InChI is InChI=1S/C22H22N2O4S2/c1-3-24(30(25,26)20-9-6-17(14-23)7-10-20)15-18-8-11-21(22(13-18)27-2)28-16-19-5-4-12-29-19/h4-13H,3,15-16H2,1-2H3. The Bertz CT molecular complexity index is 1120. The molecule has 2 aromatic carbocycles. The maximum absolute atomic E-state index is 13.0. The molecule has 3 rings (SSSR count). The van der Waals surface area contributed by atoms with E-state index >= 15 is 0 Å². The molecule has 0 saturated heterocycles. The Balaban J connectivity index is 1.78. The summed E-state index contributed by atoms with van der Waals surface area (Å²) < 4.78 is 38.7. The number of rotatable bonds is 9. The lowest BCUT2D eigenvalue weighted by molar-refractivity contribution is 0.287. The number of ether oxygens (including phenoxy) is 2. The molecule has 0 aliphatic carbocycles. The predicted octanol–water partition coefficient (Wildman–Crippen LogP) is 4.42. The molecule has 0 aliphatic heterocycles. The van der Waals surface area contributed by atoms with Crippen LogP contribution in [-0.4, -0.2) is 26.4 Å². The van der Waals surface area contributed by atoms with Gasteiger partial charge in [-0.15, -0.1) is 11.3 Å². The molecule has 6 nitrogen and oxygen atoms in total. The number of hydrogen-bond acceptors (Lipinski definition) is 6. The van der Waals surface area contributed by atoms with E-state index in [1.165, 1.54) is 28.6 Å². The first-order valence-corrected chi connectivity index (χ1v) is 11.6. The second kappa shape index (κ2) is 9.76. The molecule has 0 saturated carbocycles. The van der Waals surface area contributed by atoms with Crippen molar-refractivity contribution in [1.82, 2.24) is 4.31 Å². The molecular formula is C22H22N2O4S2. The van der Waals surface area contributed by atoms with E-state index in [2.05, 4.69) is 0 Å². The fourth-order valence-corrected chi connectivity index (χ4v) is 4.95. The highest BCUT2D eigenvalue weighted by atomic mass is 32.2. The maximum atomic E-state index is 13.0. The van der Waals surface area contributed by atoms with Gasteiger partial charge in [0.05, 0.1) is 23.6 Å². The molecule has 0 atom stereocenters. The van der Waals surface area contributed by atoms with Gasteiger partial charge < -0.3 is 9.47 Å². The van der Waals surface area contributed by atoms with Crippen LogP contribution in [0.1, 0.15) is 22.9 Å². The lowest BCUT2D eigenvalue weighted by Gasteiger charge is -2.21. The van der Waals surface area contributed by atoms with Crippen molar-refractivity contribution in [3.05, 3.63) is 76.0 Å². The van der Waals surface area contributed by atoms with Crippen LogP contribution < -0.4 is 9.47 Å². The summed E-state index contributed by atoms with van der Waals surface area (Å²) in [7, 11) is -2.13. The fourth-order valence-electron chi connectivity index (χ4n) is 2.89. The molecule has 8 heteroatoms. The average Bonchev–Trinajstić information content (AvgIpc) is 3.29. The fraction of sp³-hybridized carbons (Fsp3) is 0.227. The minimum Gasteiger partial charge on any atom is -0.493 e. The van der Waals surface area contributed by atoms with Crippen LogP contribution >= 0.6 is 11.3 Å². The minimum absolute atomic E-state index is 0.159. The smallest absolute Gasteiger partial charge is 0.243 e. The van der Waals surface area contributed by atoms with E-state index in [1.54, 1.807) is 37.5 Å². The van der Waals surface area contributed by atoms with Gasteiger partial charge in [0, 0.05) is 18.0 Å². The number of thiophene rings is 1. The van der Waals surface area contributed by atoms with Gasteiger partial charge in [-0.2, -0.15) is 9.57 Å². The third-order valence-electron chi connectivity index (χ3n) is 4.51. The number of benzene rings is 2. The van der Waals surface area contributed by atoms with Crippen molar-refractivity contribution in [2.24, 2.45) is 0 Å². The second-order valence-electron chi connectivity index (χ2n) is 6.42. The van der Waals surface area contributed by atoms with E-state index in [1.807, 2.05) is 29.6 Å². The average molecular weight is 443 g/mol. The number of hydrogen-bond donors (Lipinski definition) is 0. The summed E-state index contributed by atoms with van der Waals surface area (Å²) in [6.45, 7) is 2.74. The SMILES string of the molecule is CCN(Cc1ccc(OCc2cccs2)c(OC)c1)S(=O)(=O)c1ccc(C#N)cc1. The van der Waals surface area contributed by atoms with E-state index < -0.39 is 10.0 Å². The van der Waals surface area contributed by atoms with Crippen molar-refractivity contribution in [3.8, 4) is 17.6 Å². The molecule has 1 heterocycles. The highest BCUT2D eigenvalue weighted by Gasteiger charge is 2.23. The van der Waals surface area contributed by atoms with Gasteiger partial charge in [-0.25, -0.2) is 8.42 Å². The second-order valence-corrected chi connectivity index (χ2v) is 9.39. The largest absolute Gasteiger partial charge is 0.493 e. The Morgan fingerprint density at radius 3 is 2.47 bits per heavy atom. The molecule has 0 bridgehead atoms. The third-order valence-corrected chi connectivity index (χ3v) is 7.30. The summed E-state index contributed by atoms with van der Waals surface area (Å²) in [4.78, 5) is 1.26. The van der Waals surface area contributed by atoms with Crippen molar-refractivity contribution >= 4 is 21.4 Å². The first kappa shape index (κ1) is 21.8. The highest BCUT2D eigenvalue weighted by molar-refractivity contribution is 7.89. The predicted molar refractivity (Wildman–Crippen MR) is 116 cm³/mol. The number of sulfonamides is 1. The Hall–Kier alpha value is -2.86. The van der Waals surface area contributed by atoms with Crippen LogP contribution in [0.25, 0.3) is 0 Å². The quantitative estimate of drug-likeness (QED) is 0.490. The van der Waals surface area contributed by atoms with E-state index in [4.69, 9.17) is 14.7 Å². The van der Waals surface area contributed by atoms with E-state index in [9.17, 15) is 8.42 Å².